The summed E-state index contributed by atoms with van der Waals surface area (Å²) in [6, 6.07) is 6.97. The van der Waals surface area contributed by atoms with Crippen molar-refractivity contribution in [2.45, 2.75) is 232 Å². The van der Waals surface area contributed by atoms with Gasteiger partial charge in [-0.1, -0.05) is 219 Å². The Labute approximate surface area is 278 Å². The molecular formula is C43H81N. The highest BCUT2D eigenvalue weighted by atomic mass is 14.8. The molecule has 0 saturated carbocycles. The second kappa shape index (κ2) is 33.4. The second-order valence-electron chi connectivity index (χ2n) is 14.3. The van der Waals surface area contributed by atoms with E-state index in [0.717, 1.165) is 0 Å². The lowest BCUT2D eigenvalue weighted by atomic mass is 9.94. The van der Waals surface area contributed by atoms with E-state index in [-0.39, 0.29) is 0 Å². The van der Waals surface area contributed by atoms with Crippen molar-refractivity contribution in [3.63, 3.8) is 0 Å². The van der Waals surface area contributed by atoms with Gasteiger partial charge in [0, 0.05) is 12.7 Å². The highest BCUT2D eigenvalue weighted by Crippen LogP contribution is 2.25. The van der Waals surface area contributed by atoms with E-state index in [9.17, 15) is 0 Å². The summed E-state index contributed by atoms with van der Waals surface area (Å²) in [6.45, 7) is 4.62. The van der Waals surface area contributed by atoms with Crippen LogP contribution >= 0.6 is 0 Å². The Bertz CT molecular complexity index is 694. The van der Waals surface area contributed by atoms with Crippen molar-refractivity contribution in [1.82, 2.24) is 0 Å². The molecule has 0 bridgehead atoms. The molecule has 0 unspecified atom stereocenters. The van der Waals surface area contributed by atoms with Gasteiger partial charge in [-0.2, -0.15) is 0 Å². The van der Waals surface area contributed by atoms with Gasteiger partial charge in [-0.05, 0) is 42.9 Å². The van der Waals surface area contributed by atoms with Crippen LogP contribution < -0.4 is 5.32 Å². The zero-order chi connectivity index (χ0) is 31.6. The van der Waals surface area contributed by atoms with Crippen LogP contribution in [0.3, 0.4) is 0 Å². The molecule has 0 amide bonds. The van der Waals surface area contributed by atoms with Gasteiger partial charge >= 0.3 is 0 Å². The number of aryl methyl sites for hydroxylation is 1. The molecule has 0 aromatic heterocycles. The summed E-state index contributed by atoms with van der Waals surface area (Å²) >= 11 is 0. The summed E-state index contributed by atoms with van der Waals surface area (Å²) < 4.78 is 0. The molecule has 0 aliphatic heterocycles. The predicted octanol–water partition coefficient (Wildman–Crippen LogP) is 15.3. The molecule has 0 saturated heterocycles. The van der Waals surface area contributed by atoms with Crippen molar-refractivity contribution in [3.05, 3.63) is 29.3 Å². The Morgan fingerprint density at radius 1 is 0.364 bits per heavy atom. The maximum Gasteiger partial charge on any atom is 0.0372 e. The Morgan fingerprint density at radius 2 is 0.659 bits per heavy atom. The van der Waals surface area contributed by atoms with Gasteiger partial charge in [0.15, 0.2) is 0 Å². The van der Waals surface area contributed by atoms with Crippen molar-refractivity contribution in [1.29, 1.82) is 0 Å². The number of benzene rings is 1. The van der Waals surface area contributed by atoms with Gasteiger partial charge in [0.25, 0.3) is 0 Å². The molecule has 0 fully saturated rings. The molecule has 0 spiro atoms. The van der Waals surface area contributed by atoms with Crippen molar-refractivity contribution in [3.8, 4) is 0 Å². The van der Waals surface area contributed by atoms with E-state index in [4.69, 9.17) is 0 Å². The molecule has 0 heterocycles. The SMILES string of the molecule is CCCCCCCCCCCCCCCCCCc1cccc(NC)c1CCCCCCCCCCCCCCCCCC. The third-order valence-corrected chi connectivity index (χ3v) is 10.1. The molecule has 1 nitrogen and oxygen atoms in total. The van der Waals surface area contributed by atoms with Gasteiger partial charge in [0.1, 0.15) is 0 Å². The quantitative estimate of drug-likeness (QED) is 0.0753. The highest BCUT2D eigenvalue weighted by Gasteiger charge is 2.08. The highest BCUT2D eigenvalue weighted by molar-refractivity contribution is 5.54. The average molecular weight is 612 g/mol. The van der Waals surface area contributed by atoms with E-state index >= 15 is 0 Å². The molecule has 1 aromatic carbocycles. The van der Waals surface area contributed by atoms with E-state index < -0.39 is 0 Å². The van der Waals surface area contributed by atoms with Crippen LogP contribution in [0, 0.1) is 0 Å². The predicted molar refractivity (Wildman–Crippen MR) is 202 cm³/mol. The Kier molecular flexibility index (Phi) is 31.1. The number of nitrogens with one attached hydrogen (secondary N) is 1. The zero-order valence-corrected chi connectivity index (χ0v) is 30.8. The average Bonchev–Trinajstić information content (AvgIpc) is 3.04. The van der Waals surface area contributed by atoms with Crippen LogP contribution in [0.4, 0.5) is 5.69 Å². The van der Waals surface area contributed by atoms with Crippen LogP contribution in [0.2, 0.25) is 0 Å². The fourth-order valence-corrected chi connectivity index (χ4v) is 7.11. The van der Waals surface area contributed by atoms with E-state index in [0.29, 0.717) is 0 Å². The first-order valence-corrected chi connectivity index (χ1v) is 20.6. The minimum atomic E-state index is 1.25. The first kappa shape index (κ1) is 41.0. The molecular weight excluding hydrogens is 530 g/mol. The standard InChI is InChI=1S/C43H81N/c1-4-6-8-10-12-14-16-18-20-22-24-26-28-30-32-34-37-41-38-36-40-43(44-3)42(41)39-35-33-31-29-27-25-23-21-19-17-15-13-11-9-7-5-2/h36,38,40,44H,4-35,37,39H2,1-3H3. The smallest absolute Gasteiger partial charge is 0.0372 e. The van der Waals surface area contributed by atoms with Crippen LogP contribution in [-0.2, 0) is 12.8 Å². The van der Waals surface area contributed by atoms with Gasteiger partial charge in [0.2, 0.25) is 0 Å². The van der Waals surface area contributed by atoms with Crippen LogP contribution in [0.15, 0.2) is 18.2 Å². The summed E-state index contributed by atoms with van der Waals surface area (Å²) in [6.07, 6.45) is 48.7. The first-order chi connectivity index (χ1) is 21.8. The molecule has 0 aliphatic carbocycles. The maximum atomic E-state index is 3.50. The minimum absolute atomic E-state index is 1.25. The summed E-state index contributed by atoms with van der Waals surface area (Å²) in [5, 5.41) is 3.50. The monoisotopic (exact) mass is 612 g/mol. The number of anilines is 1. The molecule has 0 atom stereocenters. The maximum absolute atomic E-state index is 3.50. The molecule has 1 heteroatoms. The van der Waals surface area contributed by atoms with Gasteiger partial charge in [-0.3, -0.25) is 0 Å². The second-order valence-corrected chi connectivity index (χ2v) is 14.3. The lowest BCUT2D eigenvalue weighted by molar-refractivity contribution is 0.528. The van der Waals surface area contributed by atoms with Crippen molar-refractivity contribution >= 4 is 5.69 Å². The minimum Gasteiger partial charge on any atom is -0.388 e. The van der Waals surface area contributed by atoms with Crippen LogP contribution in [0.5, 0.6) is 0 Å². The summed E-state index contributed by atoms with van der Waals surface area (Å²) in [5.74, 6) is 0. The Balaban J connectivity index is 2.01. The summed E-state index contributed by atoms with van der Waals surface area (Å²) in [4.78, 5) is 0. The lowest BCUT2D eigenvalue weighted by Gasteiger charge is -2.15. The fourth-order valence-electron chi connectivity index (χ4n) is 7.11. The van der Waals surface area contributed by atoms with Crippen molar-refractivity contribution in [2.24, 2.45) is 0 Å². The zero-order valence-electron chi connectivity index (χ0n) is 30.8. The topological polar surface area (TPSA) is 12.0 Å². The van der Waals surface area contributed by atoms with E-state index in [1.54, 1.807) is 11.1 Å². The number of unbranched alkanes of at least 4 members (excludes halogenated alkanes) is 30. The van der Waals surface area contributed by atoms with E-state index in [1.165, 1.54) is 224 Å². The summed E-state index contributed by atoms with van der Waals surface area (Å²) in [7, 11) is 2.10. The molecule has 258 valence electrons. The van der Waals surface area contributed by atoms with Crippen LogP contribution in [0.25, 0.3) is 0 Å². The van der Waals surface area contributed by atoms with E-state index in [2.05, 4.69) is 44.4 Å². The molecule has 1 N–H and O–H groups in total. The van der Waals surface area contributed by atoms with Gasteiger partial charge in [0.05, 0.1) is 0 Å². The van der Waals surface area contributed by atoms with Gasteiger partial charge in [-0.15, -0.1) is 0 Å². The third-order valence-electron chi connectivity index (χ3n) is 10.1. The number of hydrogen-bond donors (Lipinski definition) is 1. The molecule has 44 heavy (non-hydrogen) atoms. The Hall–Kier alpha value is -0.980. The lowest BCUT2D eigenvalue weighted by Crippen LogP contribution is -2.01. The third kappa shape index (κ3) is 25.2. The van der Waals surface area contributed by atoms with Crippen LogP contribution in [0.1, 0.15) is 230 Å². The molecule has 0 radical (unpaired) electrons. The first-order valence-electron chi connectivity index (χ1n) is 20.6. The molecule has 1 aromatic rings. The largest absolute Gasteiger partial charge is 0.388 e. The van der Waals surface area contributed by atoms with Crippen LogP contribution in [-0.4, -0.2) is 7.05 Å². The van der Waals surface area contributed by atoms with Crippen molar-refractivity contribution in [2.75, 3.05) is 12.4 Å². The van der Waals surface area contributed by atoms with Gasteiger partial charge in [-0.25, -0.2) is 0 Å². The Morgan fingerprint density at radius 3 is 0.977 bits per heavy atom. The molecule has 1 rings (SSSR count). The molecule has 0 aliphatic rings. The summed E-state index contributed by atoms with van der Waals surface area (Å²) in [5.41, 5.74) is 4.60. The normalized spacial score (nSPS) is 11.4. The van der Waals surface area contributed by atoms with E-state index in [1.807, 2.05) is 0 Å². The number of rotatable bonds is 35. The number of hydrogen-bond acceptors (Lipinski definition) is 1. The van der Waals surface area contributed by atoms with Crippen molar-refractivity contribution < 1.29 is 0 Å². The van der Waals surface area contributed by atoms with Gasteiger partial charge < -0.3 is 5.32 Å². The fraction of sp³-hybridized carbons (Fsp3) is 0.860.